The quantitative estimate of drug-likeness (QED) is 0.0259. The molecule has 4 fully saturated rings. The molecule has 16 rings (SSSR count). The molecule has 24 nitrogen and oxygen atoms in total. The summed E-state index contributed by atoms with van der Waals surface area (Å²) in [5.74, 6) is -8.95. The number of halogens is 9. The van der Waals surface area contributed by atoms with Crippen LogP contribution in [-0.4, -0.2) is 184 Å². The van der Waals surface area contributed by atoms with Gasteiger partial charge in [-0.3, -0.25) is 39.1 Å². The number of rotatable bonds is 20. The second-order valence-corrected chi connectivity index (χ2v) is 33.2. The Bertz CT molecular complexity index is 6040. The SMILES string of the molecule is C[C@H]1CN(c2ccncc2CC(=O)c2ccc(F)c(-c3ccccc3F)n2)C[C@@H](N)[C@@H]1O.C[C@H]1CN(c2ccncc2CC(=O)c2cccc(-c3ccccc3F)n2)C[C@@H](N)[C@@H]1O.C[C@H]1CN(c2ccncc2CC(=O)c2nc(-c3c(F)cccc3F)ccc2F)C[C@@H](N)[C@@H]1O.Cc1ccc(F)c(-c2nc(C(=O)Cc3cnccc3N3C[C@@H](N)[C@H](O)[C@@H](C)C3)ccc2F)c1F. The zero-order valence-electron chi connectivity index (χ0n) is 71.5. The third-order valence-corrected chi connectivity index (χ3v) is 23.6. The molecule has 676 valence electrons. The van der Waals surface area contributed by atoms with Crippen LogP contribution >= 0.6 is 0 Å². The smallest absolute Gasteiger partial charge is 0.188 e. The highest BCUT2D eigenvalue weighted by molar-refractivity contribution is 5.99. The molecule has 12 atom stereocenters. The van der Waals surface area contributed by atoms with Crippen molar-refractivity contribution in [3.8, 4) is 45.0 Å². The van der Waals surface area contributed by atoms with Gasteiger partial charge in [-0.1, -0.05) is 70.2 Å². The van der Waals surface area contributed by atoms with E-state index in [2.05, 4.69) is 44.8 Å². The molecule has 0 bridgehead atoms. The van der Waals surface area contributed by atoms with Crippen molar-refractivity contribution < 1.29 is 79.1 Å². The number of aliphatic hydroxyl groups excluding tert-OH is 4. The molecule has 0 unspecified atom stereocenters. The number of ketones is 4. The second-order valence-electron chi connectivity index (χ2n) is 33.2. The number of pyridine rings is 8. The van der Waals surface area contributed by atoms with E-state index in [1.165, 1.54) is 61.7 Å². The highest BCUT2D eigenvalue weighted by Crippen LogP contribution is 2.36. The van der Waals surface area contributed by atoms with Crippen LogP contribution in [0.15, 0.2) is 207 Å². The van der Waals surface area contributed by atoms with E-state index >= 15 is 0 Å². The summed E-state index contributed by atoms with van der Waals surface area (Å²) in [6.45, 7) is 13.1. The molecule has 0 saturated carbocycles. The first-order valence-electron chi connectivity index (χ1n) is 42.2. The zero-order chi connectivity index (χ0) is 93.1. The Morgan fingerprint density at radius 2 is 0.669 bits per heavy atom. The van der Waals surface area contributed by atoms with Gasteiger partial charge in [-0.25, -0.2) is 59.4 Å². The Hall–Kier alpha value is -13.0. The summed E-state index contributed by atoms with van der Waals surface area (Å²) in [5, 5.41) is 40.6. The summed E-state index contributed by atoms with van der Waals surface area (Å²) < 4.78 is 129. The van der Waals surface area contributed by atoms with Gasteiger partial charge in [-0.2, -0.15) is 0 Å². The molecule has 4 aromatic carbocycles. The van der Waals surface area contributed by atoms with Gasteiger partial charge in [0.05, 0.1) is 46.9 Å². The van der Waals surface area contributed by atoms with Crippen molar-refractivity contribution in [3.63, 3.8) is 0 Å². The van der Waals surface area contributed by atoms with Crippen molar-refractivity contribution in [1.82, 2.24) is 39.9 Å². The van der Waals surface area contributed by atoms with Crippen molar-refractivity contribution in [2.45, 2.75) is 109 Å². The number of hydrogen-bond donors (Lipinski definition) is 8. The average molecular weight is 1790 g/mol. The highest BCUT2D eigenvalue weighted by Gasteiger charge is 2.38. The topological polar surface area (TPSA) is 369 Å². The van der Waals surface area contributed by atoms with Crippen molar-refractivity contribution in [1.29, 1.82) is 0 Å². The Balaban J connectivity index is 0.000000148. The van der Waals surface area contributed by atoms with E-state index < -0.39 is 123 Å². The summed E-state index contributed by atoms with van der Waals surface area (Å²) in [7, 11) is 0. The van der Waals surface area contributed by atoms with Gasteiger partial charge in [0.25, 0.3) is 0 Å². The number of aliphatic hydroxyl groups is 4. The van der Waals surface area contributed by atoms with Crippen molar-refractivity contribution >= 4 is 45.9 Å². The van der Waals surface area contributed by atoms with E-state index in [-0.39, 0.29) is 112 Å². The van der Waals surface area contributed by atoms with Crippen LogP contribution in [0.5, 0.6) is 0 Å². The van der Waals surface area contributed by atoms with Crippen LogP contribution in [0, 0.1) is 83.0 Å². The predicted octanol–water partition coefficient (Wildman–Crippen LogP) is 12.4. The maximum absolute atomic E-state index is 14.6. The molecule has 12 N–H and O–H groups in total. The van der Waals surface area contributed by atoms with Gasteiger partial charge in [0.1, 0.15) is 80.7 Å². The summed E-state index contributed by atoms with van der Waals surface area (Å²) >= 11 is 0. The van der Waals surface area contributed by atoms with Gasteiger partial charge in [0.15, 0.2) is 29.0 Å². The standard InChI is InChI=1S/C25H25F3N4O2.C24H23F3N4O2.C24H24F2N4O2.C24H25FN4O2/c1-13-3-4-16(26)22(23(13)28)24-17(27)5-6-19(31-24)21(33)9-15-10-30-8-7-20(15)32-11-14(2)25(34)18(29)12-32;1-13-11-31(12-18(28)24(13)33)20-7-8-29-10-14(20)9-21(32)23-17(27)5-6-19(30-23)22-15(25)3-2-4-16(22)26;1-14-12-30(13-19(27)24(14)32)21-8-9-28-11-15(21)10-22(31)20-7-6-18(26)23(29-20)16-4-2-3-5-17(16)25;1-15-13-29(14-19(26)24(15)31)22-9-10-27-12-16(22)11-23(30)21-8-4-7-20(28-21)17-5-2-3-6-18(17)25/h3-8,10,14,18,25,34H,9,11-12,29H2,1-2H3;2-8,10,13,18,24,33H,9,11-12,28H2,1H3;2-9,11,14,19,24,32H,10,12-13,27H2,1H3;2-10,12,15,19,24,31H,11,13-14,26H2,1H3/t14-,18+,25+;13-,18+,24+;14-,19+,24+;15-,19+,24+/m0000/s1. The van der Waals surface area contributed by atoms with Crippen LogP contribution in [0.25, 0.3) is 45.0 Å². The van der Waals surface area contributed by atoms with Gasteiger partial charge in [0.2, 0.25) is 0 Å². The van der Waals surface area contributed by atoms with Crippen LogP contribution in [0.3, 0.4) is 0 Å². The number of benzene rings is 4. The second kappa shape index (κ2) is 42.1. The Morgan fingerprint density at radius 3 is 1.08 bits per heavy atom. The number of nitrogens with two attached hydrogens (primary N) is 4. The molecule has 0 radical (unpaired) electrons. The van der Waals surface area contributed by atoms with E-state index in [0.717, 1.165) is 65.1 Å². The summed E-state index contributed by atoms with van der Waals surface area (Å²) in [4.78, 5) is 93.2. The molecule has 0 aliphatic carbocycles. The summed E-state index contributed by atoms with van der Waals surface area (Å²) in [6, 6.07) is 34.9. The van der Waals surface area contributed by atoms with Crippen LogP contribution in [0.2, 0.25) is 0 Å². The number of carbonyl (C=O) groups is 4. The van der Waals surface area contributed by atoms with Crippen LogP contribution in [-0.2, 0) is 25.7 Å². The molecular weight excluding hydrogens is 1690 g/mol. The van der Waals surface area contributed by atoms with E-state index in [9.17, 15) is 79.1 Å². The fourth-order valence-corrected chi connectivity index (χ4v) is 16.6. The predicted molar refractivity (Wildman–Crippen MR) is 474 cm³/mol. The molecule has 12 heterocycles. The minimum atomic E-state index is -0.966. The lowest BCUT2D eigenvalue weighted by atomic mass is 9.92. The van der Waals surface area contributed by atoms with Crippen molar-refractivity contribution in [3.05, 3.63) is 310 Å². The number of anilines is 4. The fourth-order valence-electron chi connectivity index (χ4n) is 16.6. The first kappa shape index (κ1) is 94.6. The maximum Gasteiger partial charge on any atom is 0.188 e. The van der Waals surface area contributed by atoms with Crippen LogP contribution in [0.1, 0.15) is 97.5 Å². The minimum Gasteiger partial charge on any atom is -0.391 e. The molecule has 4 aliphatic rings. The third kappa shape index (κ3) is 21.9. The molecule has 8 aromatic heterocycles. The van der Waals surface area contributed by atoms with Gasteiger partial charge < -0.3 is 63.0 Å². The molecule has 12 aromatic rings. The number of piperidine rings is 4. The van der Waals surface area contributed by atoms with Gasteiger partial charge in [-0.15, -0.1) is 0 Å². The van der Waals surface area contributed by atoms with Crippen LogP contribution < -0.4 is 42.5 Å². The fraction of sp³-hybridized carbons (Fsp3) is 0.299. The zero-order valence-corrected chi connectivity index (χ0v) is 71.5. The number of nitrogens with zero attached hydrogens (tertiary/aromatic N) is 12. The van der Waals surface area contributed by atoms with E-state index in [4.69, 9.17) is 22.9 Å². The Morgan fingerprint density at radius 1 is 0.331 bits per heavy atom. The van der Waals surface area contributed by atoms with Gasteiger partial charge in [0, 0.05) is 232 Å². The first-order chi connectivity index (χ1) is 62.2. The lowest BCUT2D eigenvalue weighted by molar-refractivity contribution is 0.0783. The monoisotopic (exact) mass is 1780 g/mol. The average Bonchev–Trinajstić information content (AvgIpc) is 0.820. The van der Waals surface area contributed by atoms with Crippen molar-refractivity contribution in [2.75, 3.05) is 72.0 Å². The molecule has 130 heavy (non-hydrogen) atoms. The molecular formula is C97H97F9N16O8. The number of hydrogen-bond acceptors (Lipinski definition) is 24. The third-order valence-electron chi connectivity index (χ3n) is 23.6. The number of carbonyl (C=O) groups excluding carboxylic acids is 4. The summed E-state index contributed by atoms with van der Waals surface area (Å²) in [6.07, 6.45) is 10.2. The van der Waals surface area contributed by atoms with Gasteiger partial charge >= 0.3 is 0 Å². The molecule has 4 aliphatic heterocycles. The molecule has 4 saturated heterocycles. The van der Waals surface area contributed by atoms with Gasteiger partial charge in [-0.05, 0) is 128 Å². The number of aromatic nitrogens is 8. The first-order valence-corrected chi connectivity index (χ1v) is 42.2. The molecule has 0 amide bonds. The molecule has 33 heteroatoms. The lowest BCUT2D eigenvalue weighted by Crippen LogP contribution is -2.55. The Labute approximate surface area is 744 Å². The van der Waals surface area contributed by atoms with Crippen LogP contribution in [0.4, 0.5) is 62.3 Å². The number of Topliss-reactive ketones (excluding diaryl/α,β-unsaturated/α-hetero) is 4. The summed E-state index contributed by atoms with van der Waals surface area (Å²) in [5.41, 5.74) is 28.6. The van der Waals surface area contributed by atoms with E-state index in [1.807, 2.05) is 54.5 Å². The number of aryl methyl sites for hydroxylation is 1. The highest BCUT2D eigenvalue weighted by atomic mass is 19.2. The Kier molecular flexibility index (Phi) is 30.6. The van der Waals surface area contributed by atoms with E-state index in [0.29, 0.717) is 86.0 Å². The normalized spacial score (nSPS) is 20.8. The van der Waals surface area contributed by atoms with E-state index in [1.54, 1.807) is 98.0 Å². The maximum atomic E-state index is 14.6. The largest absolute Gasteiger partial charge is 0.391 e. The lowest BCUT2D eigenvalue weighted by Gasteiger charge is -2.40. The minimum absolute atomic E-state index is 0.00318. The molecule has 0 spiro atoms. The van der Waals surface area contributed by atoms with Crippen molar-refractivity contribution in [2.24, 2.45) is 46.6 Å².